The summed E-state index contributed by atoms with van der Waals surface area (Å²) in [5, 5.41) is 9.47. The molecule has 0 unspecified atom stereocenters. The highest BCUT2D eigenvalue weighted by molar-refractivity contribution is 7.92. The van der Waals surface area contributed by atoms with Crippen LogP contribution >= 0.6 is 0 Å². The van der Waals surface area contributed by atoms with Crippen molar-refractivity contribution in [2.45, 2.75) is 55.7 Å². The number of carbonyl (C=O) groups is 2. The third-order valence-corrected chi connectivity index (χ3v) is 8.13. The van der Waals surface area contributed by atoms with Gasteiger partial charge in [0.05, 0.1) is 27.6 Å². The van der Waals surface area contributed by atoms with Gasteiger partial charge in [-0.3, -0.25) is 9.69 Å². The summed E-state index contributed by atoms with van der Waals surface area (Å²) in [5.41, 5.74) is 2.59. The molecule has 1 atom stereocenters. The number of hydrogen-bond donors (Lipinski definition) is 1. The highest BCUT2D eigenvalue weighted by Gasteiger charge is 2.37. The first-order chi connectivity index (χ1) is 14.7. The molecule has 4 rings (SSSR count). The molecule has 8 heteroatoms. The van der Waals surface area contributed by atoms with E-state index in [4.69, 9.17) is 0 Å². The van der Waals surface area contributed by atoms with E-state index in [9.17, 15) is 23.1 Å². The molecule has 2 aliphatic rings. The van der Waals surface area contributed by atoms with Crippen LogP contribution in [-0.2, 0) is 14.6 Å². The number of carbonyl (C=O) groups excluding carboxylic acids is 1. The minimum Gasteiger partial charge on any atom is -0.465 e. The average Bonchev–Trinajstić information content (AvgIpc) is 3.59. The van der Waals surface area contributed by atoms with Crippen molar-refractivity contribution in [1.29, 1.82) is 0 Å². The van der Waals surface area contributed by atoms with Crippen LogP contribution in [0.4, 0.5) is 16.2 Å². The molecule has 2 amide bonds. The minimum absolute atomic E-state index is 0.0244. The van der Waals surface area contributed by atoms with Gasteiger partial charge in [0.2, 0.25) is 5.91 Å². The Hall–Kier alpha value is -2.87. The molecule has 0 spiro atoms. The number of nitrogens with zero attached hydrogens (tertiary/aromatic N) is 2. The molecule has 1 aliphatic heterocycles. The van der Waals surface area contributed by atoms with Crippen molar-refractivity contribution in [1.82, 2.24) is 0 Å². The van der Waals surface area contributed by atoms with Gasteiger partial charge < -0.3 is 10.0 Å². The average molecular weight is 443 g/mol. The molecular weight excluding hydrogens is 416 g/mol. The molecule has 0 saturated heterocycles. The van der Waals surface area contributed by atoms with Crippen LogP contribution in [0.1, 0.15) is 39.5 Å². The summed E-state index contributed by atoms with van der Waals surface area (Å²) in [4.78, 5) is 27.9. The Labute approximate surface area is 182 Å². The highest BCUT2D eigenvalue weighted by atomic mass is 32.2. The van der Waals surface area contributed by atoms with E-state index in [0.29, 0.717) is 42.0 Å². The van der Waals surface area contributed by atoms with Gasteiger partial charge in [-0.15, -0.1) is 0 Å². The second-order valence-electron chi connectivity index (χ2n) is 8.23. The third kappa shape index (κ3) is 3.92. The normalized spacial score (nSPS) is 18.6. The molecule has 1 aliphatic carbocycles. The van der Waals surface area contributed by atoms with E-state index in [2.05, 4.69) is 0 Å². The van der Waals surface area contributed by atoms with E-state index < -0.39 is 15.9 Å². The largest absolute Gasteiger partial charge is 0.465 e. The summed E-state index contributed by atoms with van der Waals surface area (Å²) in [6, 6.07) is 11.8. The fraction of sp³-hybridized carbons (Fsp3) is 0.391. The van der Waals surface area contributed by atoms with Crippen molar-refractivity contribution in [2.24, 2.45) is 0 Å². The maximum Gasteiger partial charge on any atom is 0.411 e. The lowest BCUT2D eigenvalue weighted by Gasteiger charge is -2.40. The van der Waals surface area contributed by atoms with Gasteiger partial charge in [0.25, 0.3) is 0 Å². The topological polar surface area (TPSA) is 95.0 Å². The summed E-state index contributed by atoms with van der Waals surface area (Å²) < 4.78 is 24.9. The third-order valence-electron chi connectivity index (χ3n) is 5.86. The SMILES string of the molecule is CCCC(=O)N1c2ccc(-c3ccc(S(=O)(=O)C4CC4)cc3)cc2N(C(=O)O)C[C@@H]1C. The van der Waals surface area contributed by atoms with Crippen LogP contribution in [0, 0.1) is 0 Å². The highest BCUT2D eigenvalue weighted by Crippen LogP contribution is 2.40. The van der Waals surface area contributed by atoms with Crippen LogP contribution < -0.4 is 9.80 Å². The molecule has 1 heterocycles. The number of rotatable bonds is 5. The van der Waals surface area contributed by atoms with Gasteiger partial charge in [-0.2, -0.15) is 0 Å². The Morgan fingerprint density at radius 3 is 2.26 bits per heavy atom. The molecule has 0 radical (unpaired) electrons. The number of anilines is 2. The Kier molecular flexibility index (Phi) is 5.51. The molecular formula is C23H26N2O5S. The maximum atomic E-state index is 12.7. The first kappa shape index (κ1) is 21.4. The summed E-state index contributed by atoms with van der Waals surface area (Å²) in [7, 11) is -3.26. The number of hydrogen-bond acceptors (Lipinski definition) is 4. The zero-order valence-electron chi connectivity index (χ0n) is 17.6. The van der Waals surface area contributed by atoms with Crippen molar-refractivity contribution in [2.75, 3.05) is 16.3 Å². The zero-order chi connectivity index (χ0) is 22.3. The van der Waals surface area contributed by atoms with Crippen LogP contribution in [0.5, 0.6) is 0 Å². The first-order valence-corrected chi connectivity index (χ1v) is 12.1. The molecule has 31 heavy (non-hydrogen) atoms. The summed E-state index contributed by atoms with van der Waals surface area (Å²) in [6.07, 6.45) is 1.47. The minimum atomic E-state index is -3.26. The Bertz CT molecular complexity index is 1120. The van der Waals surface area contributed by atoms with E-state index in [1.165, 1.54) is 4.90 Å². The number of benzene rings is 2. The van der Waals surface area contributed by atoms with E-state index in [1.807, 2.05) is 19.9 Å². The Morgan fingerprint density at radius 1 is 1.03 bits per heavy atom. The van der Waals surface area contributed by atoms with Gasteiger partial charge in [-0.1, -0.05) is 25.1 Å². The number of sulfone groups is 1. The fourth-order valence-electron chi connectivity index (χ4n) is 4.11. The second-order valence-corrected chi connectivity index (χ2v) is 10.5. The van der Waals surface area contributed by atoms with Crippen molar-refractivity contribution < 1.29 is 23.1 Å². The summed E-state index contributed by atoms with van der Waals surface area (Å²) in [5.74, 6) is -0.0244. The Balaban J connectivity index is 1.72. The van der Waals surface area contributed by atoms with Gasteiger partial charge >= 0.3 is 6.09 Å². The van der Waals surface area contributed by atoms with Crippen molar-refractivity contribution >= 4 is 33.2 Å². The lowest BCUT2D eigenvalue weighted by molar-refractivity contribution is -0.119. The van der Waals surface area contributed by atoms with Crippen LogP contribution in [0.15, 0.2) is 47.4 Å². The van der Waals surface area contributed by atoms with Crippen LogP contribution in [0.2, 0.25) is 0 Å². The lowest BCUT2D eigenvalue weighted by atomic mass is 10.0. The van der Waals surface area contributed by atoms with Crippen molar-refractivity contribution in [3.63, 3.8) is 0 Å². The molecule has 1 fully saturated rings. The van der Waals surface area contributed by atoms with E-state index >= 15 is 0 Å². The smallest absolute Gasteiger partial charge is 0.411 e. The van der Waals surface area contributed by atoms with Crippen LogP contribution in [0.25, 0.3) is 11.1 Å². The summed E-state index contributed by atoms with van der Waals surface area (Å²) in [6.45, 7) is 3.98. The zero-order valence-corrected chi connectivity index (χ0v) is 18.4. The number of fused-ring (bicyclic) bond motifs is 1. The standard InChI is InChI=1S/C23H26N2O5S/c1-3-4-22(26)25-15(2)14-24(23(27)28)21-13-17(7-12-20(21)25)16-5-8-18(9-6-16)31(29,30)19-10-11-19/h5-9,12-13,15,19H,3-4,10-11,14H2,1-2H3,(H,27,28)/t15-/m0/s1. The van der Waals surface area contributed by atoms with Crippen molar-refractivity contribution in [3.05, 3.63) is 42.5 Å². The molecule has 1 saturated carbocycles. The van der Waals surface area contributed by atoms with E-state index in [1.54, 1.807) is 41.3 Å². The lowest BCUT2D eigenvalue weighted by Crippen LogP contribution is -2.51. The van der Waals surface area contributed by atoms with Crippen LogP contribution in [0.3, 0.4) is 0 Å². The monoisotopic (exact) mass is 442 g/mol. The van der Waals surface area contributed by atoms with E-state index in [-0.39, 0.29) is 23.7 Å². The predicted octanol–water partition coefficient (Wildman–Crippen LogP) is 4.31. The molecule has 0 bridgehead atoms. The Morgan fingerprint density at radius 2 is 1.68 bits per heavy atom. The van der Waals surface area contributed by atoms with Gasteiger partial charge in [0.15, 0.2) is 9.84 Å². The molecule has 2 aromatic carbocycles. The maximum absolute atomic E-state index is 12.7. The van der Waals surface area contributed by atoms with Gasteiger partial charge in [0.1, 0.15) is 0 Å². The van der Waals surface area contributed by atoms with Crippen molar-refractivity contribution in [3.8, 4) is 11.1 Å². The fourth-order valence-corrected chi connectivity index (χ4v) is 5.77. The molecule has 0 aromatic heterocycles. The molecule has 2 aromatic rings. The molecule has 164 valence electrons. The van der Waals surface area contributed by atoms with E-state index in [0.717, 1.165) is 11.1 Å². The summed E-state index contributed by atoms with van der Waals surface area (Å²) >= 11 is 0. The predicted molar refractivity (Wildman–Crippen MR) is 119 cm³/mol. The van der Waals surface area contributed by atoms with Gasteiger partial charge in [0, 0.05) is 13.0 Å². The number of carboxylic acid groups (broad SMARTS) is 1. The number of amides is 2. The molecule has 1 N–H and O–H groups in total. The van der Waals surface area contributed by atoms with Gasteiger partial charge in [-0.05, 0) is 61.6 Å². The second kappa shape index (κ2) is 8.00. The van der Waals surface area contributed by atoms with Gasteiger partial charge in [-0.25, -0.2) is 13.2 Å². The quantitative estimate of drug-likeness (QED) is 0.745. The van der Waals surface area contributed by atoms with Crippen LogP contribution in [-0.4, -0.2) is 43.4 Å². The molecule has 7 nitrogen and oxygen atoms in total. The first-order valence-electron chi connectivity index (χ1n) is 10.5.